The van der Waals surface area contributed by atoms with Gasteiger partial charge in [-0.1, -0.05) is 35.2 Å². The molecule has 1 unspecified atom stereocenters. The fourth-order valence-corrected chi connectivity index (χ4v) is 2.11. The minimum absolute atomic E-state index is 0.202. The van der Waals surface area contributed by atoms with Crippen LogP contribution in [0.25, 0.3) is 0 Å². The fraction of sp³-hybridized carbons (Fsp3) is 0.529. The first-order valence-electron chi connectivity index (χ1n) is 7.58. The molecule has 2 aliphatic rings. The van der Waals surface area contributed by atoms with Gasteiger partial charge in [0.05, 0.1) is 19.8 Å². The molecule has 0 aromatic heterocycles. The van der Waals surface area contributed by atoms with Crippen molar-refractivity contribution in [2.45, 2.75) is 38.7 Å². The van der Waals surface area contributed by atoms with Crippen LogP contribution < -0.4 is 0 Å². The van der Waals surface area contributed by atoms with Gasteiger partial charge in [-0.15, -0.1) is 0 Å². The van der Waals surface area contributed by atoms with Crippen LogP contribution in [0.1, 0.15) is 32.6 Å². The van der Waals surface area contributed by atoms with Crippen molar-refractivity contribution in [1.82, 2.24) is 0 Å². The molecule has 1 heterocycles. The minimum atomic E-state index is -0.407. The van der Waals surface area contributed by atoms with Gasteiger partial charge in [-0.3, -0.25) is 0 Å². The Labute approximate surface area is 131 Å². The predicted molar refractivity (Wildman–Crippen MR) is 83.2 cm³/mol. The average Bonchev–Trinajstić information content (AvgIpc) is 2.94. The number of hydrogen-bond acceptors (Lipinski definition) is 5. The molecule has 0 bridgehead atoms. The van der Waals surface area contributed by atoms with Crippen LogP contribution in [0.3, 0.4) is 0 Å². The normalized spacial score (nSPS) is 23.8. The van der Waals surface area contributed by atoms with E-state index in [1.807, 2.05) is 0 Å². The van der Waals surface area contributed by atoms with Gasteiger partial charge in [0.2, 0.25) is 0 Å². The monoisotopic (exact) mass is 303 g/mol. The zero-order valence-electron chi connectivity index (χ0n) is 12.8. The average molecular weight is 303 g/mol. The molecule has 0 fully saturated rings. The topological polar surface area (TPSA) is 57.1 Å². The van der Waals surface area contributed by atoms with Gasteiger partial charge in [0, 0.05) is 19.3 Å². The third-order valence-electron chi connectivity index (χ3n) is 3.23. The fourth-order valence-electron chi connectivity index (χ4n) is 2.11. The molecule has 1 aliphatic heterocycles. The van der Waals surface area contributed by atoms with Crippen molar-refractivity contribution in [3.63, 3.8) is 0 Å². The lowest BCUT2D eigenvalue weighted by atomic mass is 10.1. The number of oxime groups is 1. The Balaban J connectivity index is 1.62. The Morgan fingerprint density at radius 1 is 1.45 bits per heavy atom. The van der Waals surface area contributed by atoms with Crippen molar-refractivity contribution >= 4 is 11.7 Å². The van der Waals surface area contributed by atoms with Gasteiger partial charge in [0.1, 0.15) is 0 Å². The molecule has 2 rings (SSSR count). The van der Waals surface area contributed by atoms with Crippen LogP contribution in [0.2, 0.25) is 0 Å². The van der Waals surface area contributed by atoms with Crippen molar-refractivity contribution < 1.29 is 19.1 Å². The van der Waals surface area contributed by atoms with Gasteiger partial charge in [0.15, 0.2) is 11.8 Å². The van der Waals surface area contributed by atoms with E-state index in [0.717, 1.165) is 19.3 Å². The van der Waals surface area contributed by atoms with E-state index < -0.39 is 5.97 Å². The molecule has 1 atom stereocenters. The van der Waals surface area contributed by atoms with Crippen LogP contribution >= 0.6 is 0 Å². The molecule has 5 nitrogen and oxygen atoms in total. The summed E-state index contributed by atoms with van der Waals surface area (Å²) in [6.45, 7) is 3.13. The molecule has 118 valence electrons. The second-order valence-corrected chi connectivity index (χ2v) is 4.96. The number of esters is 1. The molecule has 0 spiro atoms. The smallest absolute Gasteiger partial charge is 0.356 e. The molecule has 1 aliphatic carbocycles. The first kappa shape index (κ1) is 16.3. The zero-order chi connectivity index (χ0) is 15.6. The number of hydrogen-bond donors (Lipinski definition) is 0. The standard InChI is InChI=1S/C17H21NO4/c1-2-21-17(19)16-12-15(22-18-16)13-20-11-10-14-8-6-4-3-5-7-9-14/h6,8-9,15H,2,4,7,10-13H2,1H3/b8-6-,14-9+. The number of rotatable bonds is 7. The van der Waals surface area contributed by atoms with Gasteiger partial charge in [0.25, 0.3) is 0 Å². The number of carbonyl (C=O) groups is 1. The maximum atomic E-state index is 11.5. The molecule has 22 heavy (non-hydrogen) atoms. The van der Waals surface area contributed by atoms with Crippen LogP contribution in [-0.2, 0) is 19.1 Å². The summed E-state index contributed by atoms with van der Waals surface area (Å²) in [5, 5.41) is 3.75. The van der Waals surface area contributed by atoms with E-state index in [1.54, 1.807) is 6.92 Å². The Morgan fingerprint density at radius 2 is 2.32 bits per heavy atom. The summed E-state index contributed by atoms with van der Waals surface area (Å²) in [4.78, 5) is 16.7. The van der Waals surface area contributed by atoms with Gasteiger partial charge >= 0.3 is 5.97 Å². The maximum absolute atomic E-state index is 11.5. The summed E-state index contributed by atoms with van der Waals surface area (Å²) >= 11 is 0. The van der Waals surface area contributed by atoms with Gasteiger partial charge in [-0.2, -0.15) is 0 Å². The highest BCUT2D eigenvalue weighted by molar-refractivity contribution is 6.36. The SMILES string of the molecule is CCOC(=O)C1=NOC(COCCC2=C/CC#CC/C=C\2)C1. The van der Waals surface area contributed by atoms with E-state index in [2.05, 4.69) is 35.2 Å². The second kappa shape index (κ2) is 9.06. The number of allylic oxidation sites excluding steroid dienone is 3. The lowest BCUT2D eigenvalue weighted by Crippen LogP contribution is -2.21. The Kier molecular flexibility index (Phi) is 6.72. The third-order valence-corrected chi connectivity index (χ3v) is 3.23. The van der Waals surface area contributed by atoms with Gasteiger partial charge in [-0.05, 0) is 18.9 Å². The van der Waals surface area contributed by atoms with E-state index in [4.69, 9.17) is 14.3 Å². The predicted octanol–water partition coefficient (Wildman–Crippen LogP) is 2.38. The number of carbonyl (C=O) groups excluding carboxylic acids is 1. The molecule has 0 saturated heterocycles. The molecule has 0 N–H and O–H groups in total. The van der Waals surface area contributed by atoms with Crippen LogP contribution in [0, 0.1) is 11.8 Å². The molecule has 0 radical (unpaired) electrons. The summed E-state index contributed by atoms with van der Waals surface area (Å²) in [7, 11) is 0. The molecule has 0 saturated carbocycles. The minimum Gasteiger partial charge on any atom is -0.461 e. The van der Waals surface area contributed by atoms with Crippen molar-refractivity contribution in [1.29, 1.82) is 0 Å². The molecular weight excluding hydrogens is 282 g/mol. The lowest BCUT2D eigenvalue weighted by Gasteiger charge is -2.09. The summed E-state index contributed by atoms with van der Waals surface area (Å²) in [5.74, 6) is 5.73. The van der Waals surface area contributed by atoms with Crippen LogP contribution in [0.15, 0.2) is 29.0 Å². The highest BCUT2D eigenvalue weighted by atomic mass is 16.7. The van der Waals surface area contributed by atoms with Crippen molar-refractivity contribution in [2.24, 2.45) is 5.16 Å². The first-order chi connectivity index (χ1) is 10.8. The maximum Gasteiger partial charge on any atom is 0.356 e. The highest BCUT2D eigenvalue weighted by Crippen LogP contribution is 2.13. The number of nitrogens with zero attached hydrogens (tertiary/aromatic N) is 1. The second-order valence-electron chi connectivity index (χ2n) is 4.96. The molecule has 0 aromatic carbocycles. The molecular formula is C17H21NO4. The van der Waals surface area contributed by atoms with E-state index in [9.17, 15) is 4.79 Å². The molecule has 0 aromatic rings. The van der Waals surface area contributed by atoms with Crippen LogP contribution in [0.5, 0.6) is 0 Å². The Bertz CT molecular complexity index is 537. The van der Waals surface area contributed by atoms with Crippen molar-refractivity contribution in [3.05, 3.63) is 23.8 Å². The lowest BCUT2D eigenvalue weighted by molar-refractivity contribution is -0.135. The Hall–Kier alpha value is -2.06. The third kappa shape index (κ3) is 5.38. The number of ether oxygens (including phenoxy) is 2. The van der Waals surface area contributed by atoms with Crippen molar-refractivity contribution in [3.8, 4) is 11.8 Å². The van der Waals surface area contributed by atoms with Crippen LogP contribution in [0.4, 0.5) is 0 Å². The molecule has 5 heteroatoms. The van der Waals surface area contributed by atoms with E-state index >= 15 is 0 Å². The largest absolute Gasteiger partial charge is 0.461 e. The Morgan fingerprint density at radius 3 is 3.18 bits per heavy atom. The summed E-state index contributed by atoms with van der Waals surface area (Å²) < 4.78 is 10.5. The van der Waals surface area contributed by atoms with E-state index in [-0.39, 0.29) is 6.10 Å². The summed E-state index contributed by atoms with van der Waals surface area (Å²) in [6.07, 6.45) is 8.98. The van der Waals surface area contributed by atoms with Crippen molar-refractivity contribution in [2.75, 3.05) is 19.8 Å². The molecule has 0 amide bonds. The van der Waals surface area contributed by atoms with Crippen LogP contribution in [-0.4, -0.2) is 37.6 Å². The first-order valence-corrected chi connectivity index (χ1v) is 7.58. The van der Waals surface area contributed by atoms with Gasteiger partial charge < -0.3 is 14.3 Å². The van der Waals surface area contributed by atoms with E-state index in [0.29, 0.717) is 32.0 Å². The quantitative estimate of drug-likeness (QED) is 0.412. The summed E-state index contributed by atoms with van der Waals surface area (Å²) in [6, 6.07) is 0. The van der Waals surface area contributed by atoms with Gasteiger partial charge in [-0.25, -0.2) is 4.79 Å². The van der Waals surface area contributed by atoms with E-state index in [1.165, 1.54) is 5.57 Å². The summed E-state index contributed by atoms with van der Waals surface area (Å²) in [5.41, 5.74) is 1.57. The highest BCUT2D eigenvalue weighted by Gasteiger charge is 2.27. The zero-order valence-corrected chi connectivity index (χ0v) is 12.8.